The third-order valence-corrected chi connectivity index (χ3v) is 13.3. The number of carbonyl (C=O) groups excluding carboxylic acids is 2. The highest BCUT2D eigenvalue weighted by atomic mass is 16.1. The lowest BCUT2D eigenvalue weighted by Crippen LogP contribution is -2.54. The van der Waals surface area contributed by atoms with Gasteiger partial charge in [0.25, 0.3) is 0 Å². The molecule has 8 fully saturated rings. The Balaban J connectivity index is 1.27. The second-order valence-corrected chi connectivity index (χ2v) is 13.8. The van der Waals surface area contributed by atoms with Crippen molar-refractivity contribution in [1.82, 2.24) is 0 Å². The van der Waals surface area contributed by atoms with Crippen LogP contribution in [0.5, 0.6) is 0 Å². The van der Waals surface area contributed by atoms with Gasteiger partial charge in [-0.25, -0.2) is 0 Å². The molecule has 14 unspecified atom stereocenters. The van der Waals surface area contributed by atoms with Gasteiger partial charge in [-0.15, -0.1) is 0 Å². The Morgan fingerprint density at radius 1 is 0.344 bits per heavy atom. The van der Waals surface area contributed by atoms with Crippen molar-refractivity contribution >= 4 is 11.6 Å². The van der Waals surface area contributed by atoms with E-state index in [0.29, 0.717) is 35.5 Å². The van der Waals surface area contributed by atoms with Crippen LogP contribution < -0.4 is 0 Å². The quantitative estimate of drug-likeness (QED) is 0.447. The normalized spacial score (nSPS) is 60.1. The molecule has 0 heterocycles. The SMILES string of the molecule is O=C1C2CCCCC2C2C3C1CCCC3C1C3C4CCCCC4C(=O)C4CCCC(C43)C21. The molecule has 14 atom stereocenters. The summed E-state index contributed by atoms with van der Waals surface area (Å²) in [6, 6.07) is 0. The Labute approximate surface area is 194 Å². The van der Waals surface area contributed by atoms with E-state index in [0.717, 1.165) is 58.9 Å². The minimum Gasteiger partial charge on any atom is -0.299 e. The van der Waals surface area contributed by atoms with Gasteiger partial charge in [0, 0.05) is 23.7 Å². The molecule has 0 aliphatic heterocycles. The minimum atomic E-state index is 0.415. The van der Waals surface area contributed by atoms with Crippen molar-refractivity contribution < 1.29 is 9.59 Å². The van der Waals surface area contributed by atoms with Crippen molar-refractivity contribution in [2.75, 3.05) is 0 Å². The van der Waals surface area contributed by atoms with Gasteiger partial charge in [-0.05, 0) is 111 Å². The Morgan fingerprint density at radius 3 is 1.16 bits per heavy atom. The van der Waals surface area contributed by atoms with E-state index in [-0.39, 0.29) is 0 Å². The number of rotatable bonds is 0. The molecular weight excluding hydrogens is 392 g/mol. The van der Waals surface area contributed by atoms with Crippen LogP contribution in [0, 0.1) is 82.9 Å². The molecule has 0 aromatic carbocycles. The van der Waals surface area contributed by atoms with Crippen LogP contribution in [-0.2, 0) is 9.59 Å². The molecule has 8 saturated carbocycles. The lowest BCUT2D eigenvalue weighted by atomic mass is 9.49. The monoisotopic (exact) mass is 434 g/mol. The van der Waals surface area contributed by atoms with Crippen molar-refractivity contribution in [3.05, 3.63) is 0 Å². The van der Waals surface area contributed by atoms with E-state index >= 15 is 0 Å². The number of carbonyl (C=O) groups is 2. The van der Waals surface area contributed by atoms with Crippen LogP contribution in [0.15, 0.2) is 0 Å². The molecular formula is C30H42O2. The van der Waals surface area contributed by atoms with Crippen molar-refractivity contribution in [3.63, 3.8) is 0 Å². The maximum atomic E-state index is 13.8. The fraction of sp³-hybridized carbons (Fsp3) is 0.933. The Bertz CT molecular complexity index is 763. The smallest absolute Gasteiger partial charge is 0.139 e. The van der Waals surface area contributed by atoms with Crippen molar-refractivity contribution in [1.29, 1.82) is 0 Å². The first-order valence-electron chi connectivity index (χ1n) is 14.8. The molecule has 0 saturated heterocycles. The summed E-state index contributed by atoms with van der Waals surface area (Å²) in [6.07, 6.45) is 18.3. The molecule has 8 rings (SSSR count). The van der Waals surface area contributed by atoms with Crippen molar-refractivity contribution in [2.45, 2.75) is 89.9 Å². The standard InChI is InChI=1S/C30H42O2/c31-29-17-9-3-1-7-15(17)25-23-19(11-5-13-21(23)29)28-26-16-8-2-4-10-18(16)30(32)22-14-6-12-20(24(22)26)27(25)28/h15-28H,1-14H2. The zero-order chi connectivity index (χ0) is 21.1. The third-order valence-electron chi connectivity index (χ3n) is 13.3. The van der Waals surface area contributed by atoms with E-state index in [1.807, 2.05) is 0 Å². The first kappa shape index (κ1) is 19.6. The van der Waals surface area contributed by atoms with Crippen LogP contribution in [0.25, 0.3) is 0 Å². The van der Waals surface area contributed by atoms with Crippen LogP contribution in [0.2, 0.25) is 0 Å². The summed E-state index contributed by atoms with van der Waals surface area (Å²) >= 11 is 0. The Hall–Kier alpha value is -0.660. The van der Waals surface area contributed by atoms with Crippen LogP contribution in [0.3, 0.4) is 0 Å². The number of hydrogen-bond acceptors (Lipinski definition) is 2. The third kappa shape index (κ3) is 2.29. The average Bonchev–Trinajstić information content (AvgIpc) is 3.36. The lowest BCUT2D eigenvalue weighted by molar-refractivity contribution is -0.149. The zero-order valence-corrected chi connectivity index (χ0v) is 19.8. The molecule has 0 bridgehead atoms. The van der Waals surface area contributed by atoms with Crippen LogP contribution in [0.4, 0.5) is 0 Å². The van der Waals surface area contributed by atoms with E-state index in [4.69, 9.17) is 0 Å². The summed E-state index contributed by atoms with van der Waals surface area (Å²) in [4.78, 5) is 27.5. The highest BCUT2D eigenvalue weighted by Gasteiger charge is 2.72. The van der Waals surface area contributed by atoms with Gasteiger partial charge < -0.3 is 0 Å². The van der Waals surface area contributed by atoms with Crippen LogP contribution >= 0.6 is 0 Å². The maximum Gasteiger partial charge on any atom is 0.139 e. The number of ketones is 2. The maximum absolute atomic E-state index is 13.8. The summed E-state index contributed by atoms with van der Waals surface area (Å²) in [5.41, 5.74) is 0. The van der Waals surface area contributed by atoms with Gasteiger partial charge in [0.2, 0.25) is 0 Å². The van der Waals surface area contributed by atoms with Gasteiger partial charge in [-0.1, -0.05) is 38.5 Å². The summed E-state index contributed by atoms with van der Waals surface area (Å²) in [7, 11) is 0. The molecule has 0 spiro atoms. The van der Waals surface area contributed by atoms with Gasteiger partial charge in [0.1, 0.15) is 11.6 Å². The van der Waals surface area contributed by atoms with E-state index in [1.165, 1.54) is 89.9 Å². The van der Waals surface area contributed by atoms with Gasteiger partial charge in [-0.3, -0.25) is 9.59 Å². The fourth-order valence-electron chi connectivity index (χ4n) is 13.0. The average molecular weight is 435 g/mol. The number of Topliss-reactive ketones (excluding diaryl/α,β-unsaturated/α-hetero) is 2. The Morgan fingerprint density at radius 2 is 0.688 bits per heavy atom. The highest BCUT2D eigenvalue weighted by Crippen LogP contribution is 2.75. The molecule has 2 nitrogen and oxygen atoms in total. The van der Waals surface area contributed by atoms with E-state index < -0.39 is 0 Å². The molecule has 0 radical (unpaired) electrons. The largest absolute Gasteiger partial charge is 0.299 e. The first-order chi connectivity index (χ1) is 15.8. The predicted molar refractivity (Wildman–Crippen MR) is 124 cm³/mol. The number of fused-ring (bicyclic) bond motifs is 9. The topological polar surface area (TPSA) is 34.1 Å². The molecule has 174 valence electrons. The number of hydrogen-bond donors (Lipinski definition) is 0. The lowest BCUT2D eigenvalue weighted by Gasteiger charge is -2.54. The van der Waals surface area contributed by atoms with E-state index in [9.17, 15) is 9.59 Å². The van der Waals surface area contributed by atoms with Gasteiger partial charge in [0.05, 0.1) is 0 Å². The van der Waals surface area contributed by atoms with E-state index in [2.05, 4.69) is 0 Å². The minimum absolute atomic E-state index is 0.415. The summed E-state index contributed by atoms with van der Waals surface area (Å²) < 4.78 is 0. The van der Waals surface area contributed by atoms with Crippen LogP contribution in [0.1, 0.15) is 89.9 Å². The fourth-order valence-corrected chi connectivity index (χ4v) is 13.0. The molecule has 2 heteroatoms. The second kappa shape index (κ2) is 6.94. The van der Waals surface area contributed by atoms with Gasteiger partial charge in [0.15, 0.2) is 0 Å². The van der Waals surface area contributed by atoms with Gasteiger partial charge in [-0.2, -0.15) is 0 Å². The molecule has 0 amide bonds. The van der Waals surface area contributed by atoms with Crippen LogP contribution in [-0.4, -0.2) is 11.6 Å². The Kier molecular flexibility index (Phi) is 4.26. The molecule has 0 N–H and O–H groups in total. The van der Waals surface area contributed by atoms with E-state index in [1.54, 1.807) is 0 Å². The summed E-state index contributed by atoms with van der Waals surface area (Å²) in [5.74, 6) is 11.2. The molecule has 0 aromatic rings. The molecule has 0 aromatic heterocycles. The van der Waals surface area contributed by atoms with Crippen molar-refractivity contribution in [3.8, 4) is 0 Å². The summed E-state index contributed by atoms with van der Waals surface area (Å²) in [6.45, 7) is 0. The molecule has 8 aliphatic carbocycles. The van der Waals surface area contributed by atoms with Gasteiger partial charge >= 0.3 is 0 Å². The first-order valence-corrected chi connectivity index (χ1v) is 14.8. The zero-order valence-electron chi connectivity index (χ0n) is 19.8. The molecule has 8 aliphatic rings. The molecule has 32 heavy (non-hydrogen) atoms. The second-order valence-electron chi connectivity index (χ2n) is 13.8. The highest BCUT2D eigenvalue weighted by molar-refractivity contribution is 5.86. The van der Waals surface area contributed by atoms with Crippen molar-refractivity contribution in [2.24, 2.45) is 82.9 Å². The predicted octanol–water partition coefficient (Wildman–Crippen LogP) is 6.32. The summed E-state index contributed by atoms with van der Waals surface area (Å²) in [5, 5.41) is 0.